The number of aromatic hydroxyl groups is 1. The van der Waals surface area contributed by atoms with Crippen molar-refractivity contribution in [2.24, 2.45) is 0 Å². The Labute approximate surface area is 112 Å². The minimum absolute atomic E-state index is 0.00606. The molecule has 0 aliphatic carbocycles. The summed E-state index contributed by atoms with van der Waals surface area (Å²) in [4.78, 5) is 17.7. The number of phenols is 1. The first-order valence-corrected chi connectivity index (χ1v) is 5.97. The number of ketones is 1. The van der Waals surface area contributed by atoms with E-state index in [0.29, 0.717) is 5.56 Å². The summed E-state index contributed by atoms with van der Waals surface area (Å²) in [5.74, 6) is 0.670. The summed E-state index contributed by atoms with van der Waals surface area (Å²) < 4.78 is 0. The van der Waals surface area contributed by atoms with Gasteiger partial charge in [-0.15, -0.1) is 0 Å². The lowest BCUT2D eigenvalue weighted by molar-refractivity contribution is 0.101. The fourth-order valence-corrected chi connectivity index (χ4v) is 1.96. The first-order valence-electron chi connectivity index (χ1n) is 5.97. The molecule has 4 nitrogen and oxygen atoms in total. The van der Waals surface area contributed by atoms with E-state index >= 15 is 0 Å². The van der Waals surface area contributed by atoms with Crippen molar-refractivity contribution in [3.63, 3.8) is 0 Å². The van der Waals surface area contributed by atoms with Crippen molar-refractivity contribution in [3.05, 3.63) is 42.1 Å². The first-order chi connectivity index (χ1) is 9.00. The van der Waals surface area contributed by atoms with Crippen molar-refractivity contribution in [1.29, 1.82) is 0 Å². The summed E-state index contributed by atoms with van der Waals surface area (Å²) in [6.07, 6.45) is 1.73. The first kappa shape index (κ1) is 13.1. The quantitative estimate of drug-likeness (QED) is 0.858. The van der Waals surface area contributed by atoms with Crippen LogP contribution in [0.25, 0.3) is 11.1 Å². The molecular weight excluding hydrogens is 240 g/mol. The Morgan fingerprint density at radius 1 is 1.26 bits per heavy atom. The third-order valence-electron chi connectivity index (χ3n) is 2.90. The van der Waals surface area contributed by atoms with Gasteiger partial charge in [0.15, 0.2) is 5.78 Å². The van der Waals surface area contributed by atoms with Gasteiger partial charge in [0.05, 0.1) is 5.56 Å². The molecule has 0 aliphatic heterocycles. The lowest BCUT2D eigenvalue weighted by Gasteiger charge is -2.16. The van der Waals surface area contributed by atoms with E-state index in [2.05, 4.69) is 4.98 Å². The highest BCUT2D eigenvalue weighted by Crippen LogP contribution is 2.31. The molecule has 0 aliphatic rings. The second-order valence-corrected chi connectivity index (χ2v) is 4.56. The number of rotatable bonds is 3. The zero-order valence-electron chi connectivity index (χ0n) is 11.2. The number of nitrogens with zero attached hydrogens (tertiary/aromatic N) is 2. The molecular formula is C15H16N2O2. The van der Waals surface area contributed by atoms with E-state index in [-0.39, 0.29) is 11.5 Å². The zero-order chi connectivity index (χ0) is 14.0. The molecule has 0 unspecified atom stereocenters. The predicted molar refractivity (Wildman–Crippen MR) is 75.7 cm³/mol. The fourth-order valence-electron chi connectivity index (χ4n) is 1.96. The van der Waals surface area contributed by atoms with Crippen LogP contribution in [0.3, 0.4) is 0 Å². The second kappa shape index (κ2) is 5.10. The summed E-state index contributed by atoms with van der Waals surface area (Å²) >= 11 is 0. The number of pyridine rings is 1. The maximum Gasteiger partial charge on any atom is 0.163 e. The maximum absolute atomic E-state index is 11.5. The van der Waals surface area contributed by atoms with E-state index in [1.165, 1.54) is 6.92 Å². The molecule has 0 saturated carbocycles. The van der Waals surface area contributed by atoms with Crippen LogP contribution in [0.4, 0.5) is 5.82 Å². The molecule has 4 heteroatoms. The lowest BCUT2D eigenvalue weighted by atomic mass is 10.0. The maximum atomic E-state index is 11.5. The monoisotopic (exact) mass is 256 g/mol. The smallest absolute Gasteiger partial charge is 0.163 e. The van der Waals surface area contributed by atoms with Crippen LogP contribution < -0.4 is 4.90 Å². The molecule has 1 N–H and O–H groups in total. The van der Waals surface area contributed by atoms with E-state index < -0.39 is 0 Å². The van der Waals surface area contributed by atoms with E-state index in [1.807, 2.05) is 31.1 Å². The molecule has 1 aromatic heterocycles. The average Bonchev–Trinajstić information content (AvgIpc) is 2.39. The Morgan fingerprint density at radius 2 is 2.00 bits per heavy atom. The third kappa shape index (κ3) is 2.57. The van der Waals surface area contributed by atoms with Gasteiger partial charge in [0.25, 0.3) is 0 Å². The van der Waals surface area contributed by atoms with Crippen LogP contribution in [-0.4, -0.2) is 30.0 Å². The molecule has 0 atom stereocenters. The van der Waals surface area contributed by atoms with Crippen LogP contribution in [-0.2, 0) is 0 Å². The number of phenolic OH excluding ortho intramolecular Hbond substituents is 1. The standard InChI is InChI=1S/C15H16N2O2/c1-10(18)13-9-11(6-7-14(13)19)12-5-4-8-16-15(12)17(2)3/h4-9,19H,1-3H3. The molecule has 19 heavy (non-hydrogen) atoms. The number of benzene rings is 1. The van der Waals surface area contributed by atoms with Crippen LogP contribution in [0.1, 0.15) is 17.3 Å². The highest BCUT2D eigenvalue weighted by molar-refractivity contribution is 5.98. The Bertz CT molecular complexity index is 621. The van der Waals surface area contributed by atoms with Gasteiger partial charge in [-0.25, -0.2) is 4.98 Å². The van der Waals surface area contributed by atoms with Gasteiger partial charge in [-0.05, 0) is 36.8 Å². The molecule has 98 valence electrons. The van der Waals surface area contributed by atoms with Gasteiger partial charge in [-0.2, -0.15) is 0 Å². The summed E-state index contributed by atoms with van der Waals surface area (Å²) in [6, 6.07) is 8.81. The van der Waals surface area contributed by atoms with Crippen LogP contribution in [0.2, 0.25) is 0 Å². The molecule has 0 spiro atoms. The summed E-state index contributed by atoms with van der Waals surface area (Å²) in [5.41, 5.74) is 2.11. The number of aromatic nitrogens is 1. The minimum atomic E-state index is -0.158. The van der Waals surface area contributed by atoms with Crippen LogP contribution in [0.15, 0.2) is 36.5 Å². The number of anilines is 1. The van der Waals surface area contributed by atoms with E-state index in [4.69, 9.17) is 0 Å². The molecule has 0 bridgehead atoms. The molecule has 0 saturated heterocycles. The molecule has 2 rings (SSSR count). The molecule has 1 heterocycles. The number of carbonyl (C=O) groups is 1. The SMILES string of the molecule is CC(=O)c1cc(-c2cccnc2N(C)C)ccc1O. The molecule has 1 aromatic carbocycles. The summed E-state index contributed by atoms with van der Waals surface area (Å²) in [5, 5.41) is 9.68. The van der Waals surface area contributed by atoms with E-state index in [9.17, 15) is 9.90 Å². The topological polar surface area (TPSA) is 53.4 Å². The van der Waals surface area contributed by atoms with Crippen molar-refractivity contribution in [1.82, 2.24) is 4.98 Å². The lowest BCUT2D eigenvalue weighted by Crippen LogP contribution is -2.11. The number of hydrogen-bond acceptors (Lipinski definition) is 4. The predicted octanol–water partition coefficient (Wildman–Crippen LogP) is 2.72. The van der Waals surface area contributed by atoms with Crippen LogP contribution in [0, 0.1) is 0 Å². The summed E-state index contributed by atoms with van der Waals surface area (Å²) in [7, 11) is 3.83. The van der Waals surface area contributed by atoms with Crippen LogP contribution in [0.5, 0.6) is 5.75 Å². The molecule has 0 radical (unpaired) electrons. The van der Waals surface area contributed by atoms with Gasteiger partial charge < -0.3 is 10.0 Å². The van der Waals surface area contributed by atoms with Crippen molar-refractivity contribution in [2.45, 2.75) is 6.92 Å². The van der Waals surface area contributed by atoms with Gasteiger partial charge in [-0.1, -0.05) is 6.07 Å². The van der Waals surface area contributed by atoms with Gasteiger partial charge in [0, 0.05) is 25.9 Å². The summed E-state index contributed by atoms with van der Waals surface area (Å²) in [6.45, 7) is 1.44. The Morgan fingerprint density at radius 3 is 2.63 bits per heavy atom. The second-order valence-electron chi connectivity index (χ2n) is 4.56. The van der Waals surface area contributed by atoms with Crippen molar-refractivity contribution >= 4 is 11.6 Å². The number of Topliss-reactive ketones (excluding diaryl/α,β-unsaturated/α-hetero) is 1. The Hall–Kier alpha value is -2.36. The van der Waals surface area contributed by atoms with Crippen molar-refractivity contribution in [2.75, 3.05) is 19.0 Å². The number of hydrogen-bond donors (Lipinski definition) is 1. The molecule has 2 aromatic rings. The van der Waals surface area contributed by atoms with Gasteiger partial charge in [0.2, 0.25) is 0 Å². The van der Waals surface area contributed by atoms with E-state index in [1.54, 1.807) is 24.4 Å². The van der Waals surface area contributed by atoms with Crippen molar-refractivity contribution in [3.8, 4) is 16.9 Å². The highest BCUT2D eigenvalue weighted by atomic mass is 16.3. The van der Waals surface area contributed by atoms with Gasteiger partial charge in [0.1, 0.15) is 11.6 Å². The molecule has 0 fully saturated rings. The Kier molecular flexibility index (Phi) is 3.51. The zero-order valence-corrected chi connectivity index (χ0v) is 11.2. The number of carbonyl (C=O) groups excluding carboxylic acids is 1. The van der Waals surface area contributed by atoms with Crippen molar-refractivity contribution < 1.29 is 9.90 Å². The van der Waals surface area contributed by atoms with E-state index in [0.717, 1.165) is 16.9 Å². The highest BCUT2D eigenvalue weighted by Gasteiger charge is 2.12. The fraction of sp³-hybridized carbons (Fsp3) is 0.200. The minimum Gasteiger partial charge on any atom is -0.507 e. The van der Waals surface area contributed by atoms with Gasteiger partial charge >= 0.3 is 0 Å². The average molecular weight is 256 g/mol. The van der Waals surface area contributed by atoms with Crippen LogP contribution >= 0.6 is 0 Å². The third-order valence-corrected chi connectivity index (χ3v) is 2.90. The van der Waals surface area contributed by atoms with Gasteiger partial charge in [-0.3, -0.25) is 4.79 Å². The normalized spacial score (nSPS) is 10.3. The largest absolute Gasteiger partial charge is 0.507 e. The molecule has 0 amide bonds. The Balaban J connectivity index is 2.60.